The van der Waals surface area contributed by atoms with E-state index >= 15 is 0 Å². The molecule has 0 aliphatic carbocycles. The van der Waals surface area contributed by atoms with Crippen molar-refractivity contribution in [1.82, 2.24) is 4.90 Å². The Balaban J connectivity index is 1.88. The van der Waals surface area contributed by atoms with Crippen LogP contribution in [-0.4, -0.2) is 48.4 Å². The van der Waals surface area contributed by atoms with Crippen molar-refractivity contribution in [2.24, 2.45) is 11.8 Å². The lowest BCUT2D eigenvalue weighted by Crippen LogP contribution is -2.46. The van der Waals surface area contributed by atoms with E-state index in [1.54, 1.807) is 4.90 Å². The van der Waals surface area contributed by atoms with Crippen molar-refractivity contribution in [3.8, 4) is 0 Å². The van der Waals surface area contributed by atoms with Crippen molar-refractivity contribution in [2.45, 2.75) is 20.0 Å². The number of carbonyl (C=O) groups is 2. The summed E-state index contributed by atoms with van der Waals surface area (Å²) in [4.78, 5) is 24.8. The summed E-state index contributed by atoms with van der Waals surface area (Å²) in [5.74, 6) is -0.336. The Kier molecular flexibility index (Phi) is 6.40. The third kappa shape index (κ3) is 5.56. The molecule has 126 valence electrons. The standard InChI is InChI=1S/C17H23NO5/c1-13(20)22-12-16-7-15(10-19)8-18(9-16)17(21)23-11-14-5-3-2-4-6-14/h2-6,15-16,19H,7-12H2,1H3. The number of aliphatic hydroxyl groups is 1. The summed E-state index contributed by atoms with van der Waals surface area (Å²) in [6.07, 6.45) is 0.325. The van der Waals surface area contributed by atoms with E-state index in [1.807, 2.05) is 30.3 Å². The van der Waals surface area contributed by atoms with Gasteiger partial charge >= 0.3 is 12.1 Å². The second kappa shape index (κ2) is 8.53. The fraction of sp³-hybridized carbons (Fsp3) is 0.529. The first-order valence-corrected chi connectivity index (χ1v) is 7.78. The van der Waals surface area contributed by atoms with Crippen LogP contribution in [0.3, 0.4) is 0 Å². The normalized spacial score (nSPS) is 20.9. The summed E-state index contributed by atoms with van der Waals surface area (Å²) in [6.45, 7) is 2.76. The number of hydrogen-bond donors (Lipinski definition) is 1. The summed E-state index contributed by atoms with van der Waals surface area (Å²) in [5, 5.41) is 9.41. The van der Waals surface area contributed by atoms with Gasteiger partial charge in [-0.05, 0) is 12.0 Å². The Morgan fingerprint density at radius 1 is 1.17 bits per heavy atom. The monoisotopic (exact) mass is 321 g/mol. The molecule has 0 spiro atoms. The molecule has 6 heteroatoms. The van der Waals surface area contributed by atoms with Gasteiger partial charge < -0.3 is 19.5 Å². The van der Waals surface area contributed by atoms with E-state index in [4.69, 9.17) is 9.47 Å². The number of nitrogens with zero attached hydrogens (tertiary/aromatic N) is 1. The van der Waals surface area contributed by atoms with Gasteiger partial charge in [-0.2, -0.15) is 0 Å². The Morgan fingerprint density at radius 3 is 2.52 bits per heavy atom. The van der Waals surface area contributed by atoms with E-state index in [2.05, 4.69) is 0 Å². The summed E-state index contributed by atoms with van der Waals surface area (Å²) in [6, 6.07) is 9.47. The third-order valence-electron chi connectivity index (χ3n) is 3.87. The first-order valence-electron chi connectivity index (χ1n) is 7.78. The number of piperidine rings is 1. The van der Waals surface area contributed by atoms with E-state index in [9.17, 15) is 14.7 Å². The van der Waals surface area contributed by atoms with Gasteiger partial charge in [0.25, 0.3) is 0 Å². The summed E-state index contributed by atoms with van der Waals surface area (Å²) in [7, 11) is 0. The molecule has 1 aliphatic heterocycles. The van der Waals surface area contributed by atoms with Crippen molar-refractivity contribution in [3.63, 3.8) is 0 Å². The summed E-state index contributed by atoms with van der Waals surface area (Å²) in [5.41, 5.74) is 0.924. The smallest absolute Gasteiger partial charge is 0.410 e. The van der Waals surface area contributed by atoms with Crippen molar-refractivity contribution >= 4 is 12.1 Å². The van der Waals surface area contributed by atoms with Gasteiger partial charge in [-0.15, -0.1) is 0 Å². The summed E-state index contributed by atoms with van der Waals surface area (Å²) < 4.78 is 10.4. The van der Waals surface area contributed by atoms with Crippen LogP contribution in [-0.2, 0) is 20.9 Å². The second-order valence-electron chi connectivity index (χ2n) is 5.90. The van der Waals surface area contributed by atoms with Gasteiger partial charge in [0.1, 0.15) is 6.61 Å². The number of benzene rings is 1. The van der Waals surface area contributed by atoms with Gasteiger partial charge in [0.05, 0.1) is 6.61 Å². The van der Waals surface area contributed by atoms with Gasteiger partial charge in [0, 0.05) is 38.5 Å². The van der Waals surface area contributed by atoms with Crippen molar-refractivity contribution in [3.05, 3.63) is 35.9 Å². The van der Waals surface area contributed by atoms with E-state index in [0.717, 1.165) is 12.0 Å². The predicted molar refractivity (Wildman–Crippen MR) is 83.5 cm³/mol. The van der Waals surface area contributed by atoms with E-state index in [1.165, 1.54) is 6.92 Å². The largest absolute Gasteiger partial charge is 0.466 e. The number of hydrogen-bond acceptors (Lipinski definition) is 5. The third-order valence-corrected chi connectivity index (χ3v) is 3.87. The van der Waals surface area contributed by atoms with Crippen LogP contribution in [0.25, 0.3) is 0 Å². The molecule has 1 heterocycles. The maximum atomic E-state index is 12.2. The van der Waals surface area contributed by atoms with Crippen molar-refractivity contribution in [2.75, 3.05) is 26.3 Å². The van der Waals surface area contributed by atoms with Gasteiger partial charge in [-0.3, -0.25) is 4.79 Å². The molecule has 1 saturated heterocycles. The first kappa shape index (κ1) is 17.3. The number of esters is 1. The number of carbonyl (C=O) groups excluding carboxylic acids is 2. The molecule has 23 heavy (non-hydrogen) atoms. The Bertz CT molecular complexity index is 519. The highest BCUT2D eigenvalue weighted by atomic mass is 16.6. The van der Waals surface area contributed by atoms with Crippen LogP contribution < -0.4 is 0 Å². The predicted octanol–water partition coefficient (Wildman–Crippen LogP) is 1.82. The highest BCUT2D eigenvalue weighted by molar-refractivity contribution is 5.68. The van der Waals surface area contributed by atoms with Gasteiger partial charge in [0.15, 0.2) is 0 Å². The fourth-order valence-corrected chi connectivity index (χ4v) is 2.77. The molecule has 0 saturated carbocycles. The minimum absolute atomic E-state index is 0.000956. The fourth-order valence-electron chi connectivity index (χ4n) is 2.77. The van der Waals surface area contributed by atoms with Gasteiger partial charge in [-0.1, -0.05) is 30.3 Å². The Morgan fingerprint density at radius 2 is 1.87 bits per heavy atom. The van der Waals surface area contributed by atoms with Crippen molar-refractivity contribution in [1.29, 1.82) is 0 Å². The van der Waals surface area contributed by atoms with E-state index in [0.29, 0.717) is 13.1 Å². The van der Waals surface area contributed by atoms with E-state index < -0.39 is 6.09 Å². The molecule has 0 aromatic heterocycles. The second-order valence-corrected chi connectivity index (χ2v) is 5.90. The lowest BCUT2D eigenvalue weighted by molar-refractivity contribution is -0.143. The molecular formula is C17H23NO5. The van der Waals surface area contributed by atoms with Gasteiger partial charge in [-0.25, -0.2) is 4.79 Å². The molecule has 2 rings (SSSR count). The maximum absolute atomic E-state index is 12.2. The molecule has 0 radical (unpaired) electrons. The van der Waals surface area contributed by atoms with Crippen LogP contribution in [0, 0.1) is 11.8 Å². The first-order chi connectivity index (χ1) is 11.1. The van der Waals surface area contributed by atoms with Crippen LogP contribution in [0.15, 0.2) is 30.3 Å². The molecule has 1 amide bonds. The Hall–Kier alpha value is -2.08. The molecule has 1 fully saturated rings. The molecule has 0 bridgehead atoms. The molecular weight excluding hydrogens is 298 g/mol. The molecule has 1 aliphatic rings. The molecule has 2 atom stereocenters. The lowest BCUT2D eigenvalue weighted by Gasteiger charge is -2.36. The lowest BCUT2D eigenvalue weighted by atomic mass is 9.90. The Labute approximate surface area is 136 Å². The molecule has 1 aromatic carbocycles. The number of likely N-dealkylation sites (tertiary alicyclic amines) is 1. The number of rotatable bonds is 5. The number of amides is 1. The van der Waals surface area contributed by atoms with Gasteiger partial charge in [0.2, 0.25) is 0 Å². The quantitative estimate of drug-likeness (QED) is 0.837. The molecule has 1 aromatic rings. The van der Waals surface area contributed by atoms with Crippen molar-refractivity contribution < 1.29 is 24.2 Å². The van der Waals surface area contributed by atoms with Crippen LogP contribution in [0.1, 0.15) is 18.9 Å². The van der Waals surface area contributed by atoms with Crippen LogP contribution in [0.5, 0.6) is 0 Å². The zero-order valence-electron chi connectivity index (χ0n) is 13.3. The number of aliphatic hydroxyl groups excluding tert-OH is 1. The zero-order chi connectivity index (χ0) is 16.7. The minimum Gasteiger partial charge on any atom is -0.466 e. The van der Waals surface area contributed by atoms with E-state index in [-0.39, 0.29) is 37.6 Å². The maximum Gasteiger partial charge on any atom is 0.410 e. The zero-order valence-corrected chi connectivity index (χ0v) is 13.3. The topological polar surface area (TPSA) is 76.1 Å². The molecule has 6 nitrogen and oxygen atoms in total. The molecule has 2 unspecified atom stereocenters. The van der Waals surface area contributed by atoms with Crippen LogP contribution in [0.2, 0.25) is 0 Å². The number of ether oxygens (including phenoxy) is 2. The highest BCUT2D eigenvalue weighted by Crippen LogP contribution is 2.23. The minimum atomic E-state index is -0.403. The average Bonchev–Trinajstić information content (AvgIpc) is 2.58. The summed E-state index contributed by atoms with van der Waals surface area (Å²) >= 11 is 0. The SMILES string of the molecule is CC(=O)OCC1CC(CO)CN(C(=O)OCc2ccccc2)C1. The highest BCUT2D eigenvalue weighted by Gasteiger charge is 2.31. The molecule has 1 N–H and O–H groups in total. The average molecular weight is 321 g/mol. The van der Waals surface area contributed by atoms with Crippen LogP contribution >= 0.6 is 0 Å². The van der Waals surface area contributed by atoms with Crippen LogP contribution in [0.4, 0.5) is 4.79 Å².